The molecule has 0 aliphatic carbocycles. The lowest BCUT2D eigenvalue weighted by Crippen LogP contribution is -2.41. The molecular weight excluding hydrogens is 507 g/mol. The second kappa shape index (κ2) is 8.60. The predicted octanol–water partition coefficient (Wildman–Crippen LogP) is 6.00. The fourth-order valence-corrected chi connectivity index (χ4v) is 5.26. The number of halogens is 4. The number of rotatable bonds is 3. The number of allylic oxidation sites excluding steroid dienone is 1. The van der Waals surface area contributed by atoms with Crippen LogP contribution >= 0.6 is 15.9 Å². The topological polar surface area (TPSA) is 47.9 Å². The Morgan fingerprint density at radius 3 is 2.32 bits per heavy atom. The number of hydrogen-bond donors (Lipinski definition) is 2. The zero-order chi connectivity index (χ0) is 24.1. The molecule has 3 aromatic rings. The maximum atomic E-state index is 15.0. The summed E-state index contributed by atoms with van der Waals surface area (Å²) in [6.07, 6.45) is -0.528. The van der Waals surface area contributed by atoms with E-state index in [1.165, 1.54) is 6.92 Å². The Morgan fingerprint density at radius 1 is 0.971 bits per heavy atom. The van der Waals surface area contributed by atoms with Crippen molar-refractivity contribution >= 4 is 27.3 Å². The number of benzene rings is 3. The van der Waals surface area contributed by atoms with Crippen molar-refractivity contribution in [2.75, 3.05) is 0 Å². The number of aliphatic imine (C=N–C) groups is 1. The summed E-state index contributed by atoms with van der Waals surface area (Å²) in [5, 5.41) is 11.7. The predicted molar refractivity (Wildman–Crippen MR) is 129 cm³/mol. The number of fused-ring (bicyclic) bond motifs is 1. The van der Waals surface area contributed by atoms with Gasteiger partial charge in [-0.25, -0.2) is 18.6 Å². The molecule has 2 aliphatic rings. The van der Waals surface area contributed by atoms with Crippen LogP contribution in [0.3, 0.4) is 0 Å². The first-order valence-corrected chi connectivity index (χ1v) is 11.7. The van der Waals surface area contributed by atoms with Crippen molar-refractivity contribution in [1.29, 1.82) is 0 Å². The van der Waals surface area contributed by atoms with E-state index >= 15 is 4.39 Å². The first-order valence-electron chi connectivity index (χ1n) is 10.7. The van der Waals surface area contributed by atoms with Crippen LogP contribution in [0.2, 0.25) is 0 Å². The van der Waals surface area contributed by atoms with Crippen LogP contribution in [0.25, 0.3) is 5.70 Å². The standard InChI is InChI=1S/C26H21BrF3N3O/c1-13-19(28)12-18(22(30)21(13)29)23-14(2)25(16-8-10-17(34)11-9-16)33-26(31-23)20(27)24(32-33)15-6-4-3-5-7-15/h3-12,20,24,26,32,34H,1-2H3. The minimum atomic E-state index is -1.22. The van der Waals surface area contributed by atoms with Gasteiger partial charge in [-0.3, -0.25) is 10.0 Å². The van der Waals surface area contributed by atoms with Crippen molar-refractivity contribution in [3.8, 4) is 5.75 Å². The van der Waals surface area contributed by atoms with Gasteiger partial charge in [0.05, 0.1) is 22.3 Å². The summed E-state index contributed by atoms with van der Waals surface area (Å²) >= 11 is 3.76. The molecule has 1 saturated heterocycles. The summed E-state index contributed by atoms with van der Waals surface area (Å²) in [5.74, 6) is -3.08. The van der Waals surface area contributed by atoms with Crippen molar-refractivity contribution in [2.24, 2.45) is 4.99 Å². The monoisotopic (exact) mass is 527 g/mol. The molecule has 0 bridgehead atoms. The van der Waals surface area contributed by atoms with Crippen LogP contribution in [0.1, 0.15) is 35.2 Å². The maximum absolute atomic E-state index is 15.0. The van der Waals surface area contributed by atoms with Crippen molar-refractivity contribution < 1.29 is 18.3 Å². The average molecular weight is 528 g/mol. The first kappa shape index (κ1) is 22.7. The van der Waals surface area contributed by atoms with Gasteiger partial charge >= 0.3 is 0 Å². The summed E-state index contributed by atoms with van der Waals surface area (Å²) in [5.41, 5.74) is 6.06. The second-order valence-corrected chi connectivity index (χ2v) is 9.46. The zero-order valence-corrected chi connectivity index (χ0v) is 19.9. The number of hydrogen-bond acceptors (Lipinski definition) is 4. The van der Waals surface area contributed by atoms with Crippen LogP contribution in [0.5, 0.6) is 5.75 Å². The van der Waals surface area contributed by atoms with Crippen molar-refractivity contribution in [2.45, 2.75) is 30.9 Å². The third-order valence-electron chi connectivity index (χ3n) is 6.30. The van der Waals surface area contributed by atoms with E-state index in [0.29, 0.717) is 11.3 Å². The summed E-state index contributed by atoms with van der Waals surface area (Å²) in [7, 11) is 0. The molecule has 0 aromatic heterocycles. The Labute approximate surface area is 203 Å². The number of hydrazine groups is 1. The van der Waals surface area contributed by atoms with Crippen molar-refractivity contribution in [3.05, 3.63) is 106 Å². The highest BCUT2D eigenvalue weighted by atomic mass is 79.9. The van der Waals surface area contributed by atoms with E-state index in [1.807, 2.05) is 35.3 Å². The van der Waals surface area contributed by atoms with E-state index in [-0.39, 0.29) is 33.5 Å². The molecule has 5 rings (SSSR count). The van der Waals surface area contributed by atoms with E-state index in [2.05, 4.69) is 21.4 Å². The number of nitrogens with one attached hydrogen (secondary N) is 1. The number of phenols is 1. The second-order valence-electron chi connectivity index (χ2n) is 8.40. The molecule has 0 saturated carbocycles. The van der Waals surface area contributed by atoms with Gasteiger partial charge in [0.25, 0.3) is 0 Å². The largest absolute Gasteiger partial charge is 0.508 e. The molecule has 34 heavy (non-hydrogen) atoms. The SMILES string of the molecule is CC1=C(c2ccc(O)cc2)N2NC(c3ccccc3)C(Br)C2N=C1c1cc(F)c(C)c(F)c1F. The molecule has 1 fully saturated rings. The highest BCUT2D eigenvalue weighted by molar-refractivity contribution is 9.09. The third kappa shape index (κ3) is 3.61. The van der Waals surface area contributed by atoms with Crippen molar-refractivity contribution in [1.82, 2.24) is 10.4 Å². The quantitative estimate of drug-likeness (QED) is 0.324. The molecule has 4 nitrogen and oxygen atoms in total. The van der Waals surface area contributed by atoms with Crippen LogP contribution < -0.4 is 5.43 Å². The molecule has 3 atom stereocenters. The maximum Gasteiger partial charge on any atom is 0.168 e. The lowest BCUT2D eigenvalue weighted by molar-refractivity contribution is 0.285. The normalized spacial score (nSPS) is 22.1. The van der Waals surface area contributed by atoms with Crippen LogP contribution in [0.15, 0.2) is 71.2 Å². The molecule has 0 spiro atoms. The Bertz CT molecular complexity index is 1330. The first-order chi connectivity index (χ1) is 16.3. The summed E-state index contributed by atoms with van der Waals surface area (Å²) in [6.45, 7) is 2.94. The number of nitrogens with zero attached hydrogens (tertiary/aromatic N) is 2. The smallest absolute Gasteiger partial charge is 0.168 e. The summed E-state index contributed by atoms with van der Waals surface area (Å²) in [6, 6.07) is 17.2. The fraction of sp³-hybridized carbons (Fsp3) is 0.192. The van der Waals surface area contributed by atoms with Crippen LogP contribution in [0, 0.1) is 24.4 Å². The number of phenolic OH excluding ortho intramolecular Hbond substituents is 1. The van der Waals surface area contributed by atoms with E-state index < -0.39 is 23.6 Å². The van der Waals surface area contributed by atoms with Gasteiger partial charge in [0.2, 0.25) is 0 Å². The molecule has 0 amide bonds. The number of aromatic hydroxyl groups is 1. The number of alkyl halides is 1. The average Bonchev–Trinajstić information content (AvgIpc) is 3.17. The van der Waals surface area contributed by atoms with Crippen LogP contribution in [0.4, 0.5) is 13.2 Å². The molecule has 3 unspecified atom stereocenters. The molecular formula is C26H21BrF3N3O. The lowest BCUT2D eigenvalue weighted by Gasteiger charge is -2.34. The van der Waals surface area contributed by atoms with Gasteiger partial charge in [-0.05, 0) is 55.3 Å². The van der Waals surface area contributed by atoms with Gasteiger partial charge < -0.3 is 5.11 Å². The van der Waals surface area contributed by atoms with Gasteiger partial charge in [0.15, 0.2) is 17.8 Å². The molecule has 2 heterocycles. The van der Waals surface area contributed by atoms with Gasteiger partial charge in [-0.1, -0.05) is 46.3 Å². The summed E-state index contributed by atoms with van der Waals surface area (Å²) in [4.78, 5) is 4.54. The summed E-state index contributed by atoms with van der Waals surface area (Å²) < 4.78 is 44.0. The highest BCUT2D eigenvalue weighted by Gasteiger charge is 2.45. The van der Waals surface area contributed by atoms with Gasteiger partial charge in [0.1, 0.15) is 11.6 Å². The van der Waals surface area contributed by atoms with E-state index in [9.17, 15) is 13.9 Å². The third-order valence-corrected chi connectivity index (χ3v) is 7.30. The minimum Gasteiger partial charge on any atom is -0.508 e. The Morgan fingerprint density at radius 2 is 1.65 bits per heavy atom. The Balaban J connectivity index is 1.70. The molecule has 8 heteroatoms. The van der Waals surface area contributed by atoms with E-state index in [1.54, 1.807) is 31.2 Å². The van der Waals surface area contributed by atoms with Gasteiger partial charge in [-0.15, -0.1) is 0 Å². The molecule has 2 aliphatic heterocycles. The van der Waals surface area contributed by atoms with E-state index in [4.69, 9.17) is 4.99 Å². The fourth-order valence-electron chi connectivity index (χ4n) is 4.48. The molecule has 174 valence electrons. The van der Waals surface area contributed by atoms with Gasteiger partial charge in [0, 0.05) is 16.7 Å². The highest BCUT2D eigenvalue weighted by Crippen LogP contribution is 2.43. The Hall–Kier alpha value is -3.10. The minimum absolute atomic E-state index is 0.104. The van der Waals surface area contributed by atoms with E-state index in [0.717, 1.165) is 17.2 Å². The molecule has 0 radical (unpaired) electrons. The lowest BCUT2D eigenvalue weighted by atomic mass is 9.94. The van der Waals surface area contributed by atoms with Crippen LogP contribution in [-0.4, -0.2) is 26.8 Å². The Kier molecular flexibility index (Phi) is 5.73. The molecule has 3 aromatic carbocycles. The molecule has 2 N–H and O–H groups in total. The van der Waals surface area contributed by atoms with Crippen molar-refractivity contribution in [3.63, 3.8) is 0 Å². The zero-order valence-electron chi connectivity index (χ0n) is 18.4. The van der Waals surface area contributed by atoms with Crippen LogP contribution in [-0.2, 0) is 0 Å². The van der Waals surface area contributed by atoms with Gasteiger partial charge in [-0.2, -0.15) is 0 Å².